The van der Waals surface area contributed by atoms with Gasteiger partial charge in [0.1, 0.15) is 5.82 Å². The summed E-state index contributed by atoms with van der Waals surface area (Å²) in [5.74, 6) is 0.501. The Morgan fingerprint density at radius 1 is 1.40 bits per heavy atom. The van der Waals surface area contributed by atoms with Crippen molar-refractivity contribution in [1.29, 1.82) is 0 Å². The van der Waals surface area contributed by atoms with Crippen molar-refractivity contribution in [2.45, 2.75) is 33.2 Å². The van der Waals surface area contributed by atoms with Crippen molar-refractivity contribution >= 4 is 11.6 Å². The number of rotatable bonds is 3. The molecule has 0 bridgehead atoms. The van der Waals surface area contributed by atoms with Crippen LogP contribution in [0.4, 0.5) is 4.39 Å². The summed E-state index contributed by atoms with van der Waals surface area (Å²) in [5.41, 5.74) is 6.63. The molecule has 6 heteroatoms. The highest BCUT2D eigenvalue weighted by atomic mass is 35.5. The predicted molar refractivity (Wildman–Crippen MR) is 74.9 cm³/mol. The van der Waals surface area contributed by atoms with Crippen molar-refractivity contribution in [2.24, 2.45) is 11.1 Å². The summed E-state index contributed by atoms with van der Waals surface area (Å²) in [7, 11) is 0. The van der Waals surface area contributed by atoms with Gasteiger partial charge in [0.2, 0.25) is 5.89 Å². The Kier molecular flexibility index (Phi) is 4.11. The molecule has 0 amide bonds. The minimum atomic E-state index is -0.373. The highest BCUT2D eigenvalue weighted by molar-refractivity contribution is 6.31. The largest absolute Gasteiger partial charge is 0.338 e. The third-order valence-electron chi connectivity index (χ3n) is 3.05. The molecule has 0 saturated carbocycles. The molecule has 0 unspecified atom stereocenters. The number of hydrogen-bond donors (Lipinski definition) is 1. The van der Waals surface area contributed by atoms with E-state index >= 15 is 0 Å². The first kappa shape index (κ1) is 14.9. The lowest BCUT2D eigenvalue weighted by Gasteiger charge is -2.23. The molecule has 2 rings (SSSR count). The maximum atomic E-state index is 13.0. The van der Waals surface area contributed by atoms with Gasteiger partial charge in [-0.25, -0.2) is 4.39 Å². The molecule has 4 nitrogen and oxygen atoms in total. The van der Waals surface area contributed by atoms with E-state index in [1.165, 1.54) is 12.1 Å². The van der Waals surface area contributed by atoms with Gasteiger partial charge in [-0.05, 0) is 23.1 Å². The topological polar surface area (TPSA) is 64.9 Å². The standard InChI is InChI=1S/C14H17ClFN3O/c1-14(2,3)12(17)13-18-11(19-20-13)6-8-4-5-9(16)7-10(8)15/h4-5,7,12H,6,17H2,1-3H3/t12-/m1/s1. The quantitative estimate of drug-likeness (QED) is 0.941. The van der Waals surface area contributed by atoms with Crippen molar-refractivity contribution in [3.05, 3.63) is 46.3 Å². The molecule has 0 fully saturated rings. The maximum Gasteiger partial charge on any atom is 0.244 e. The fraction of sp³-hybridized carbons (Fsp3) is 0.429. The zero-order chi connectivity index (χ0) is 14.9. The first-order valence-electron chi connectivity index (χ1n) is 6.29. The SMILES string of the molecule is CC(C)(C)[C@H](N)c1nc(Cc2ccc(F)cc2Cl)no1. The molecule has 1 heterocycles. The zero-order valence-electron chi connectivity index (χ0n) is 11.7. The molecule has 1 aromatic carbocycles. The molecule has 0 radical (unpaired) electrons. The molecule has 0 aliphatic carbocycles. The zero-order valence-corrected chi connectivity index (χ0v) is 12.4. The van der Waals surface area contributed by atoms with E-state index in [2.05, 4.69) is 10.1 Å². The van der Waals surface area contributed by atoms with Gasteiger partial charge >= 0.3 is 0 Å². The summed E-state index contributed by atoms with van der Waals surface area (Å²) in [6.45, 7) is 6.00. The molecule has 108 valence electrons. The van der Waals surface area contributed by atoms with Gasteiger partial charge in [-0.15, -0.1) is 0 Å². The number of aromatic nitrogens is 2. The van der Waals surface area contributed by atoms with Crippen LogP contribution in [-0.2, 0) is 6.42 Å². The summed E-state index contributed by atoms with van der Waals surface area (Å²) >= 11 is 5.97. The van der Waals surface area contributed by atoms with E-state index < -0.39 is 0 Å². The molecule has 0 saturated heterocycles. The van der Waals surface area contributed by atoms with E-state index in [1.807, 2.05) is 20.8 Å². The molecule has 0 aliphatic heterocycles. The normalized spacial score (nSPS) is 13.5. The van der Waals surface area contributed by atoms with E-state index in [0.29, 0.717) is 23.2 Å². The molecule has 1 atom stereocenters. The number of benzene rings is 1. The molecule has 2 aromatic rings. The maximum absolute atomic E-state index is 13.0. The Hall–Kier alpha value is -1.46. The first-order valence-corrected chi connectivity index (χ1v) is 6.67. The summed E-state index contributed by atoms with van der Waals surface area (Å²) < 4.78 is 18.2. The molecular weight excluding hydrogens is 281 g/mol. The fourth-order valence-electron chi connectivity index (χ4n) is 1.67. The molecule has 20 heavy (non-hydrogen) atoms. The molecule has 0 aliphatic rings. The number of nitrogens with two attached hydrogens (primary N) is 1. The van der Waals surface area contributed by atoms with Crippen molar-refractivity contribution in [3.63, 3.8) is 0 Å². The van der Waals surface area contributed by atoms with Gasteiger partial charge in [0.15, 0.2) is 5.82 Å². The Balaban J connectivity index is 2.18. The van der Waals surface area contributed by atoms with E-state index in [-0.39, 0.29) is 17.3 Å². The lowest BCUT2D eigenvalue weighted by molar-refractivity contribution is 0.252. The Morgan fingerprint density at radius 3 is 2.70 bits per heavy atom. The average Bonchev–Trinajstić information content (AvgIpc) is 2.79. The van der Waals surface area contributed by atoms with Gasteiger partial charge in [0.05, 0.1) is 6.04 Å². The van der Waals surface area contributed by atoms with Gasteiger partial charge in [0, 0.05) is 11.4 Å². The minimum Gasteiger partial charge on any atom is -0.338 e. The van der Waals surface area contributed by atoms with E-state index in [0.717, 1.165) is 5.56 Å². The van der Waals surface area contributed by atoms with Crippen LogP contribution >= 0.6 is 11.6 Å². The molecule has 1 aromatic heterocycles. The van der Waals surface area contributed by atoms with Crippen LogP contribution in [0.3, 0.4) is 0 Å². The van der Waals surface area contributed by atoms with Crippen LogP contribution in [0.25, 0.3) is 0 Å². The Bertz CT molecular complexity index is 607. The fourth-order valence-corrected chi connectivity index (χ4v) is 1.91. The number of nitrogens with zero attached hydrogens (tertiary/aromatic N) is 2. The third-order valence-corrected chi connectivity index (χ3v) is 3.40. The summed E-state index contributed by atoms with van der Waals surface area (Å²) in [6, 6.07) is 3.88. The van der Waals surface area contributed by atoms with E-state index in [4.69, 9.17) is 21.9 Å². The smallest absolute Gasteiger partial charge is 0.244 e. The number of halogens is 2. The van der Waals surface area contributed by atoms with Crippen LogP contribution in [0.5, 0.6) is 0 Å². The van der Waals surface area contributed by atoms with Gasteiger partial charge < -0.3 is 10.3 Å². The van der Waals surface area contributed by atoms with Gasteiger partial charge in [-0.2, -0.15) is 4.98 Å². The van der Waals surface area contributed by atoms with Crippen LogP contribution in [0.1, 0.15) is 44.1 Å². The molecule has 0 spiro atoms. The van der Waals surface area contributed by atoms with Crippen LogP contribution in [0.2, 0.25) is 5.02 Å². The van der Waals surface area contributed by atoms with E-state index in [9.17, 15) is 4.39 Å². The highest BCUT2D eigenvalue weighted by Crippen LogP contribution is 2.29. The second-order valence-corrected chi connectivity index (χ2v) is 6.21. The van der Waals surface area contributed by atoms with Crippen molar-refractivity contribution < 1.29 is 8.91 Å². The van der Waals surface area contributed by atoms with Crippen LogP contribution in [0.15, 0.2) is 22.7 Å². The monoisotopic (exact) mass is 297 g/mol. The van der Waals surface area contributed by atoms with E-state index in [1.54, 1.807) is 6.07 Å². The second-order valence-electron chi connectivity index (χ2n) is 5.81. The number of hydrogen-bond acceptors (Lipinski definition) is 4. The lowest BCUT2D eigenvalue weighted by atomic mass is 9.87. The van der Waals surface area contributed by atoms with Crippen LogP contribution in [-0.4, -0.2) is 10.1 Å². The van der Waals surface area contributed by atoms with Gasteiger partial charge in [-0.3, -0.25) is 0 Å². The highest BCUT2D eigenvalue weighted by Gasteiger charge is 2.27. The lowest BCUT2D eigenvalue weighted by Crippen LogP contribution is -2.26. The summed E-state index contributed by atoms with van der Waals surface area (Å²) in [6.07, 6.45) is 0.374. The van der Waals surface area contributed by atoms with Crippen LogP contribution < -0.4 is 5.73 Å². The van der Waals surface area contributed by atoms with Gasteiger partial charge in [0.25, 0.3) is 0 Å². The Morgan fingerprint density at radius 2 is 2.10 bits per heavy atom. The van der Waals surface area contributed by atoms with Crippen molar-refractivity contribution in [2.75, 3.05) is 0 Å². The van der Waals surface area contributed by atoms with Crippen LogP contribution in [0, 0.1) is 11.2 Å². The predicted octanol–water partition coefficient (Wildman–Crippen LogP) is 3.50. The van der Waals surface area contributed by atoms with Gasteiger partial charge in [-0.1, -0.05) is 43.6 Å². The molecular formula is C14H17ClFN3O. The Labute approximate surface area is 122 Å². The second kappa shape index (κ2) is 5.50. The molecule has 2 N–H and O–H groups in total. The first-order chi connectivity index (χ1) is 9.27. The van der Waals surface area contributed by atoms with Crippen molar-refractivity contribution in [3.8, 4) is 0 Å². The third kappa shape index (κ3) is 3.35. The minimum absolute atomic E-state index is 0.169. The van der Waals surface area contributed by atoms with Crippen molar-refractivity contribution in [1.82, 2.24) is 10.1 Å². The average molecular weight is 298 g/mol. The summed E-state index contributed by atoms with van der Waals surface area (Å²) in [4.78, 5) is 4.28. The summed E-state index contributed by atoms with van der Waals surface area (Å²) in [5, 5.41) is 4.24.